The van der Waals surface area contributed by atoms with Gasteiger partial charge in [-0.25, -0.2) is 0 Å². The first-order chi connectivity index (χ1) is 8.08. The molecule has 0 aliphatic heterocycles. The second-order valence-electron chi connectivity index (χ2n) is 3.72. The minimum atomic E-state index is -0.214. The van der Waals surface area contributed by atoms with Crippen LogP contribution in [0.2, 0.25) is 0 Å². The highest BCUT2D eigenvalue weighted by molar-refractivity contribution is 14.1. The van der Waals surface area contributed by atoms with E-state index >= 15 is 0 Å². The van der Waals surface area contributed by atoms with E-state index in [1.807, 2.05) is 6.92 Å². The van der Waals surface area contributed by atoms with Gasteiger partial charge in [-0.15, -0.1) is 0 Å². The number of hydrogen-bond donors (Lipinski definition) is 2. The van der Waals surface area contributed by atoms with Crippen molar-refractivity contribution in [3.8, 4) is 5.75 Å². The number of benzene rings is 1. The molecule has 0 aliphatic carbocycles. The van der Waals surface area contributed by atoms with Crippen LogP contribution in [0.3, 0.4) is 0 Å². The van der Waals surface area contributed by atoms with Crippen molar-refractivity contribution in [3.05, 3.63) is 27.3 Å². The highest BCUT2D eigenvalue weighted by Gasteiger charge is 2.15. The number of halogens is 2. The van der Waals surface area contributed by atoms with Crippen molar-refractivity contribution in [2.45, 2.75) is 25.8 Å². The zero-order chi connectivity index (χ0) is 12.8. The van der Waals surface area contributed by atoms with Crippen molar-refractivity contribution < 1.29 is 9.90 Å². The topological polar surface area (TPSA) is 49.3 Å². The third-order valence-corrected chi connectivity index (χ3v) is 3.62. The van der Waals surface area contributed by atoms with Gasteiger partial charge in [0.2, 0.25) is 0 Å². The number of alkyl halides is 1. The second kappa shape index (κ2) is 7.20. The molecule has 0 saturated heterocycles. The van der Waals surface area contributed by atoms with Crippen LogP contribution in [-0.4, -0.2) is 22.4 Å². The summed E-state index contributed by atoms with van der Waals surface area (Å²) in [6.07, 6.45) is 1.76. The van der Waals surface area contributed by atoms with Gasteiger partial charge >= 0.3 is 0 Å². The number of phenols is 1. The van der Waals surface area contributed by atoms with Crippen LogP contribution in [0, 0.1) is 3.57 Å². The lowest BCUT2D eigenvalue weighted by atomic mass is 10.1. The molecule has 1 aromatic rings. The summed E-state index contributed by atoms with van der Waals surface area (Å²) in [6.45, 7) is 2.03. The molecule has 0 aliphatic rings. The number of hydrogen-bond acceptors (Lipinski definition) is 2. The molecule has 94 valence electrons. The van der Waals surface area contributed by atoms with E-state index in [0.717, 1.165) is 21.7 Å². The van der Waals surface area contributed by atoms with Crippen LogP contribution in [0.1, 0.15) is 30.1 Å². The Kier molecular flexibility index (Phi) is 6.26. The molecule has 0 radical (unpaired) electrons. The fourth-order valence-electron chi connectivity index (χ4n) is 1.46. The van der Waals surface area contributed by atoms with Gasteiger partial charge in [0.25, 0.3) is 5.91 Å². The molecule has 1 amide bonds. The van der Waals surface area contributed by atoms with Crippen molar-refractivity contribution in [2.24, 2.45) is 0 Å². The van der Waals surface area contributed by atoms with Crippen LogP contribution >= 0.6 is 38.5 Å². The number of nitrogens with one attached hydrogen (secondary N) is 1. The summed E-state index contributed by atoms with van der Waals surface area (Å²) in [4.78, 5) is 12.0. The lowest BCUT2D eigenvalue weighted by Gasteiger charge is -2.16. The summed E-state index contributed by atoms with van der Waals surface area (Å²) in [5.74, 6) is -0.189. The monoisotopic (exact) mass is 411 g/mol. The average molecular weight is 412 g/mol. The lowest BCUT2D eigenvalue weighted by molar-refractivity contribution is 0.0932. The van der Waals surface area contributed by atoms with Crippen molar-refractivity contribution in [2.75, 3.05) is 5.33 Å². The Bertz CT molecular complexity index is 398. The fourth-order valence-corrected chi connectivity index (χ4v) is 2.51. The molecule has 1 aromatic carbocycles. The predicted octanol–water partition coefficient (Wildman–Crippen LogP) is 3.29. The van der Waals surface area contributed by atoms with Crippen molar-refractivity contribution in [3.63, 3.8) is 0 Å². The molecule has 17 heavy (non-hydrogen) atoms. The third kappa shape index (κ3) is 4.46. The van der Waals surface area contributed by atoms with Crippen LogP contribution in [-0.2, 0) is 0 Å². The molecule has 1 unspecified atom stereocenters. The molecule has 0 aromatic heterocycles. The zero-order valence-electron chi connectivity index (χ0n) is 9.54. The average Bonchev–Trinajstić information content (AvgIpc) is 2.31. The first-order valence-electron chi connectivity index (χ1n) is 5.43. The fraction of sp³-hybridized carbons (Fsp3) is 0.417. The SMILES string of the molecule is CCC(CCBr)NC(=O)c1cc(I)ccc1O. The summed E-state index contributed by atoms with van der Waals surface area (Å²) in [5.41, 5.74) is 0.338. The van der Waals surface area contributed by atoms with Crippen LogP contribution < -0.4 is 5.32 Å². The molecule has 2 N–H and O–H groups in total. The van der Waals surface area contributed by atoms with Gasteiger partial charge in [0.05, 0.1) is 5.56 Å². The van der Waals surface area contributed by atoms with E-state index in [2.05, 4.69) is 43.8 Å². The van der Waals surface area contributed by atoms with Gasteiger partial charge in [-0.2, -0.15) is 0 Å². The van der Waals surface area contributed by atoms with Crippen LogP contribution in [0.25, 0.3) is 0 Å². The summed E-state index contributed by atoms with van der Waals surface area (Å²) in [5, 5.41) is 13.4. The van der Waals surface area contributed by atoms with Gasteiger partial charge in [0, 0.05) is 14.9 Å². The highest BCUT2D eigenvalue weighted by atomic mass is 127. The zero-order valence-corrected chi connectivity index (χ0v) is 13.3. The molecule has 1 atom stereocenters. The number of carbonyl (C=O) groups excluding carboxylic acids is 1. The Morgan fingerprint density at radius 2 is 2.29 bits per heavy atom. The molecule has 0 spiro atoms. The molecular weight excluding hydrogens is 397 g/mol. The second-order valence-corrected chi connectivity index (χ2v) is 5.76. The Morgan fingerprint density at radius 3 is 2.88 bits per heavy atom. The quantitative estimate of drug-likeness (QED) is 0.577. The van der Waals surface area contributed by atoms with Gasteiger partial charge in [-0.1, -0.05) is 22.9 Å². The maximum atomic E-state index is 12.0. The Hall–Kier alpha value is -0.300. The Labute approximate surface area is 123 Å². The first kappa shape index (κ1) is 14.8. The predicted molar refractivity (Wildman–Crippen MR) is 80.8 cm³/mol. The molecular formula is C12H15BrINO2. The lowest BCUT2D eigenvalue weighted by Crippen LogP contribution is -2.34. The van der Waals surface area contributed by atoms with Crippen molar-refractivity contribution in [1.29, 1.82) is 0 Å². The normalized spacial score (nSPS) is 12.2. The summed E-state index contributed by atoms with van der Waals surface area (Å²) in [6, 6.07) is 5.13. The minimum Gasteiger partial charge on any atom is -0.507 e. The van der Waals surface area contributed by atoms with Gasteiger partial charge < -0.3 is 10.4 Å². The third-order valence-electron chi connectivity index (χ3n) is 2.49. The van der Waals surface area contributed by atoms with E-state index in [1.54, 1.807) is 18.2 Å². The van der Waals surface area contributed by atoms with Crippen LogP contribution in [0.4, 0.5) is 0 Å². The van der Waals surface area contributed by atoms with E-state index in [4.69, 9.17) is 0 Å². The summed E-state index contributed by atoms with van der Waals surface area (Å²) in [7, 11) is 0. The van der Waals surface area contributed by atoms with Crippen molar-refractivity contribution >= 4 is 44.4 Å². The molecule has 0 bridgehead atoms. The molecule has 3 nitrogen and oxygen atoms in total. The first-order valence-corrected chi connectivity index (χ1v) is 7.63. The number of phenolic OH excluding ortho intramolecular Hbond substituents is 1. The molecule has 1 rings (SSSR count). The van der Waals surface area contributed by atoms with E-state index in [9.17, 15) is 9.90 Å². The summed E-state index contributed by atoms with van der Waals surface area (Å²) < 4.78 is 0.930. The van der Waals surface area contributed by atoms with Gasteiger partial charge in [0.1, 0.15) is 5.75 Å². The van der Waals surface area contributed by atoms with E-state index in [0.29, 0.717) is 5.56 Å². The standard InChI is InChI=1S/C12H15BrINO2/c1-2-9(5-6-13)15-12(17)10-7-8(14)3-4-11(10)16/h3-4,7,9,16H,2,5-6H2,1H3,(H,15,17). The van der Waals surface area contributed by atoms with Crippen molar-refractivity contribution in [1.82, 2.24) is 5.32 Å². The van der Waals surface area contributed by atoms with Gasteiger partial charge in [0.15, 0.2) is 0 Å². The van der Waals surface area contributed by atoms with Gasteiger partial charge in [-0.05, 0) is 53.6 Å². The van der Waals surface area contributed by atoms with Gasteiger partial charge in [-0.3, -0.25) is 4.79 Å². The highest BCUT2D eigenvalue weighted by Crippen LogP contribution is 2.19. The van der Waals surface area contributed by atoms with E-state index < -0.39 is 0 Å². The molecule has 0 fully saturated rings. The largest absolute Gasteiger partial charge is 0.507 e. The Morgan fingerprint density at radius 1 is 1.59 bits per heavy atom. The van der Waals surface area contributed by atoms with E-state index in [1.165, 1.54) is 0 Å². The number of aromatic hydroxyl groups is 1. The van der Waals surface area contributed by atoms with Crippen LogP contribution in [0.15, 0.2) is 18.2 Å². The Balaban J connectivity index is 2.78. The number of amides is 1. The smallest absolute Gasteiger partial charge is 0.255 e. The maximum Gasteiger partial charge on any atom is 0.255 e. The number of carbonyl (C=O) groups is 1. The number of rotatable bonds is 5. The molecule has 5 heteroatoms. The van der Waals surface area contributed by atoms with E-state index in [-0.39, 0.29) is 17.7 Å². The molecule has 0 saturated carbocycles. The van der Waals surface area contributed by atoms with Crippen LogP contribution in [0.5, 0.6) is 5.75 Å². The molecule has 0 heterocycles. The minimum absolute atomic E-state index is 0.0246. The maximum absolute atomic E-state index is 12.0. The summed E-state index contributed by atoms with van der Waals surface area (Å²) >= 11 is 5.48.